The SMILES string of the molecule is CN(c1ccccc1)c1ccc(Oc2ccccn2)cc1. The molecular formula is C18H16N2O. The molecule has 0 atom stereocenters. The Morgan fingerprint density at radius 1 is 0.762 bits per heavy atom. The average molecular weight is 276 g/mol. The van der Waals surface area contributed by atoms with Gasteiger partial charge in [0.2, 0.25) is 5.88 Å². The van der Waals surface area contributed by atoms with E-state index in [1.807, 2.05) is 67.7 Å². The summed E-state index contributed by atoms with van der Waals surface area (Å²) in [6.07, 6.45) is 1.72. The third kappa shape index (κ3) is 3.20. The van der Waals surface area contributed by atoms with E-state index in [0.717, 1.165) is 17.1 Å². The van der Waals surface area contributed by atoms with Gasteiger partial charge in [-0.1, -0.05) is 24.3 Å². The number of rotatable bonds is 4. The summed E-state index contributed by atoms with van der Waals surface area (Å²) in [5, 5.41) is 0. The van der Waals surface area contributed by atoms with Crippen molar-refractivity contribution in [3.05, 3.63) is 79.0 Å². The van der Waals surface area contributed by atoms with Gasteiger partial charge in [-0.15, -0.1) is 0 Å². The number of hydrogen-bond acceptors (Lipinski definition) is 3. The number of pyridine rings is 1. The van der Waals surface area contributed by atoms with Crippen LogP contribution in [0.3, 0.4) is 0 Å². The Balaban J connectivity index is 1.75. The standard InChI is InChI=1S/C18H16N2O/c1-20(15-7-3-2-4-8-15)16-10-12-17(13-11-16)21-18-9-5-6-14-19-18/h2-14H,1H3. The molecule has 0 amide bonds. The summed E-state index contributed by atoms with van der Waals surface area (Å²) in [5.41, 5.74) is 2.26. The highest BCUT2D eigenvalue weighted by Crippen LogP contribution is 2.26. The zero-order chi connectivity index (χ0) is 14.5. The topological polar surface area (TPSA) is 25.4 Å². The Morgan fingerprint density at radius 2 is 1.43 bits per heavy atom. The highest BCUT2D eigenvalue weighted by Gasteiger charge is 2.04. The lowest BCUT2D eigenvalue weighted by Crippen LogP contribution is -2.08. The lowest BCUT2D eigenvalue weighted by Gasteiger charge is -2.19. The maximum Gasteiger partial charge on any atom is 0.219 e. The molecule has 1 heterocycles. The van der Waals surface area contributed by atoms with Crippen LogP contribution >= 0.6 is 0 Å². The van der Waals surface area contributed by atoms with Gasteiger partial charge in [0.1, 0.15) is 5.75 Å². The minimum Gasteiger partial charge on any atom is -0.439 e. The van der Waals surface area contributed by atoms with Crippen molar-refractivity contribution in [1.29, 1.82) is 0 Å². The molecule has 0 radical (unpaired) electrons. The van der Waals surface area contributed by atoms with E-state index in [4.69, 9.17) is 4.74 Å². The molecule has 21 heavy (non-hydrogen) atoms. The third-order valence-corrected chi connectivity index (χ3v) is 3.23. The zero-order valence-electron chi connectivity index (χ0n) is 11.8. The summed E-state index contributed by atoms with van der Waals surface area (Å²) in [6.45, 7) is 0. The summed E-state index contributed by atoms with van der Waals surface area (Å²) >= 11 is 0. The predicted molar refractivity (Wildman–Crippen MR) is 85.3 cm³/mol. The van der Waals surface area contributed by atoms with Gasteiger partial charge in [-0.25, -0.2) is 4.98 Å². The van der Waals surface area contributed by atoms with Crippen LogP contribution in [0.2, 0.25) is 0 Å². The van der Waals surface area contributed by atoms with Crippen molar-refractivity contribution in [2.24, 2.45) is 0 Å². The number of ether oxygens (including phenoxy) is 1. The minimum atomic E-state index is 0.599. The van der Waals surface area contributed by atoms with E-state index in [1.165, 1.54) is 0 Å². The van der Waals surface area contributed by atoms with Gasteiger partial charge < -0.3 is 9.64 Å². The maximum absolute atomic E-state index is 5.69. The second kappa shape index (κ2) is 6.09. The van der Waals surface area contributed by atoms with Crippen LogP contribution in [-0.4, -0.2) is 12.0 Å². The molecule has 0 aliphatic heterocycles. The quantitative estimate of drug-likeness (QED) is 0.694. The Kier molecular flexibility index (Phi) is 3.83. The monoisotopic (exact) mass is 276 g/mol. The Labute approximate surface area is 124 Å². The van der Waals surface area contributed by atoms with Crippen LogP contribution in [0.15, 0.2) is 79.0 Å². The zero-order valence-corrected chi connectivity index (χ0v) is 11.8. The summed E-state index contributed by atoms with van der Waals surface area (Å²) in [7, 11) is 2.05. The molecule has 3 heteroatoms. The van der Waals surface area contributed by atoms with Gasteiger partial charge in [-0.2, -0.15) is 0 Å². The van der Waals surface area contributed by atoms with Crippen LogP contribution in [0.1, 0.15) is 0 Å². The van der Waals surface area contributed by atoms with E-state index < -0.39 is 0 Å². The second-order valence-electron chi connectivity index (χ2n) is 4.66. The summed E-state index contributed by atoms with van der Waals surface area (Å²) in [4.78, 5) is 6.28. The van der Waals surface area contributed by atoms with Gasteiger partial charge in [-0.3, -0.25) is 0 Å². The van der Waals surface area contributed by atoms with Crippen molar-refractivity contribution in [3.8, 4) is 11.6 Å². The van der Waals surface area contributed by atoms with Crippen LogP contribution in [0, 0.1) is 0 Å². The fourth-order valence-electron chi connectivity index (χ4n) is 2.07. The van der Waals surface area contributed by atoms with E-state index in [0.29, 0.717) is 5.88 Å². The molecule has 3 nitrogen and oxygen atoms in total. The molecule has 0 aliphatic rings. The first-order chi connectivity index (χ1) is 10.3. The number of para-hydroxylation sites is 1. The van der Waals surface area contributed by atoms with E-state index >= 15 is 0 Å². The molecule has 0 spiro atoms. The molecule has 3 aromatic rings. The summed E-state index contributed by atoms with van der Waals surface area (Å²) < 4.78 is 5.69. The number of hydrogen-bond donors (Lipinski definition) is 0. The molecular weight excluding hydrogens is 260 g/mol. The lowest BCUT2D eigenvalue weighted by molar-refractivity contribution is 0.463. The van der Waals surface area contributed by atoms with E-state index in [1.54, 1.807) is 6.20 Å². The minimum absolute atomic E-state index is 0.599. The molecule has 1 aromatic heterocycles. The van der Waals surface area contributed by atoms with Gasteiger partial charge in [0, 0.05) is 30.7 Å². The Bertz CT molecular complexity index is 681. The van der Waals surface area contributed by atoms with Crippen molar-refractivity contribution < 1.29 is 4.74 Å². The van der Waals surface area contributed by atoms with Gasteiger partial charge in [0.15, 0.2) is 0 Å². The Hall–Kier alpha value is -2.81. The van der Waals surface area contributed by atoms with Gasteiger partial charge in [-0.05, 0) is 42.5 Å². The predicted octanol–water partition coefficient (Wildman–Crippen LogP) is 4.64. The lowest BCUT2D eigenvalue weighted by atomic mass is 10.2. The van der Waals surface area contributed by atoms with Crippen LogP contribution in [0.5, 0.6) is 11.6 Å². The van der Waals surface area contributed by atoms with Crippen molar-refractivity contribution in [1.82, 2.24) is 4.98 Å². The average Bonchev–Trinajstić information content (AvgIpc) is 2.57. The molecule has 0 bridgehead atoms. The van der Waals surface area contributed by atoms with E-state index in [2.05, 4.69) is 22.0 Å². The molecule has 0 N–H and O–H groups in total. The molecule has 0 saturated heterocycles. The fourth-order valence-corrected chi connectivity index (χ4v) is 2.07. The van der Waals surface area contributed by atoms with Gasteiger partial charge in [0.25, 0.3) is 0 Å². The molecule has 0 unspecified atom stereocenters. The summed E-state index contributed by atoms with van der Waals surface area (Å²) in [6, 6.07) is 23.8. The Morgan fingerprint density at radius 3 is 2.10 bits per heavy atom. The highest BCUT2D eigenvalue weighted by molar-refractivity contribution is 5.62. The van der Waals surface area contributed by atoms with E-state index in [-0.39, 0.29) is 0 Å². The molecule has 2 aromatic carbocycles. The van der Waals surface area contributed by atoms with Crippen molar-refractivity contribution in [3.63, 3.8) is 0 Å². The maximum atomic E-state index is 5.69. The van der Waals surface area contributed by atoms with Crippen molar-refractivity contribution >= 4 is 11.4 Å². The number of nitrogens with zero attached hydrogens (tertiary/aromatic N) is 2. The smallest absolute Gasteiger partial charge is 0.219 e. The largest absolute Gasteiger partial charge is 0.439 e. The third-order valence-electron chi connectivity index (χ3n) is 3.23. The van der Waals surface area contributed by atoms with Crippen LogP contribution in [0.4, 0.5) is 11.4 Å². The first-order valence-corrected chi connectivity index (χ1v) is 6.81. The second-order valence-corrected chi connectivity index (χ2v) is 4.66. The van der Waals surface area contributed by atoms with Crippen LogP contribution in [0.25, 0.3) is 0 Å². The van der Waals surface area contributed by atoms with E-state index in [9.17, 15) is 0 Å². The summed E-state index contributed by atoms with van der Waals surface area (Å²) in [5.74, 6) is 1.38. The number of benzene rings is 2. The molecule has 0 fully saturated rings. The highest BCUT2D eigenvalue weighted by atomic mass is 16.5. The molecule has 3 rings (SSSR count). The number of aromatic nitrogens is 1. The molecule has 0 saturated carbocycles. The number of anilines is 2. The normalized spacial score (nSPS) is 10.1. The van der Waals surface area contributed by atoms with Crippen molar-refractivity contribution in [2.75, 3.05) is 11.9 Å². The first kappa shape index (κ1) is 13.2. The van der Waals surface area contributed by atoms with Gasteiger partial charge >= 0.3 is 0 Å². The van der Waals surface area contributed by atoms with Crippen molar-refractivity contribution in [2.45, 2.75) is 0 Å². The van der Waals surface area contributed by atoms with Crippen LogP contribution in [-0.2, 0) is 0 Å². The first-order valence-electron chi connectivity index (χ1n) is 6.81. The van der Waals surface area contributed by atoms with Gasteiger partial charge in [0.05, 0.1) is 0 Å². The fraction of sp³-hybridized carbons (Fsp3) is 0.0556. The van der Waals surface area contributed by atoms with Crippen LogP contribution < -0.4 is 9.64 Å². The molecule has 0 aliphatic carbocycles. The molecule has 104 valence electrons.